The number of methoxy groups -OCH3 is 3. The Bertz CT molecular complexity index is 1240. The predicted molar refractivity (Wildman–Crippen MR) is 119 cm³/mol. The van der Waals surface area contributed by atoms with E-state index in [9.17, 15) is 9.59 Å². The smallest absolute Gasteiger partial charge is 0.325 e. The Balaban J connectivity index is 1.90. The van der Waals surface area contributed by atoms with Crippen molar-refractivity contribution in [3.63, 3.8) is 0 Å². The maximum Gasteiger partial charge on any atom is 0.325 e. The van der Waals surface area contributed by atoms with E-state index in [1.165, 1.54) is 7.11 Å². The van der Waals surface area contributed by atoms with E-state index in [0.29, 0.717) is 44.9 Å². The highest BCUT2D eigenvalue weighted by molar-refractivity contribution is 6.34. The highest BCUT2D eigenvalue weighted by Crippen LogP contribution is 2.45. The molecule has 0 fully saturated rings. The van der Waals surface area contributed by atoms with Gasteiger partial charge in [-0.15, -0.1) is 0 Å². The maximum atomic E-state index is 12.9. The molecule has 4 rings (SSSR count). The van der Waals surface area contributed by atoms with Crippen molar-refractivity contribution in [2.24, 2.45) is 0 Å². The number of hydrogen-bond acceptors (Lipinski definition) is 6. The van der Waals surface area contributed by atoms with Gasteiger partial charge in [0.15, 0.2) is 17.2 Å². The average molecular weight is 476 g/mol. The molecule has 0 spiro atoms. The van der Waals surface area contributed by atoms with Crippen molar-refractivity contribution in [2.45, 2.75) is 6.42 Å². The van der Waals surface area contributed by atoms with Gasteiger partial charge in [0.1, 0.15) is 6.54 Å². The van der Waals surface area contributed by atoms with Crippen LogP contribution in [0, 0.1) is 0 Å². The maximum absolute atomic E-state index is 12.9. The molecule has 8 nitrogen and oxygen atoms in total. The van der Waals surface area contributed by atoms with Crippen molar-refractivity contribution in [3.8, 4) is 28.4 Å². The first-order valence-corrected chi connectivity index (χ1v) is 10.3. The second-order valence-electron chi connectivity index (χ2n) is 6.98. The Morgan fingerprint density at radius 1 is 1.09 bits per heavy atom. The first-order valence-electron chi connectivity index (χ1n) is 9.55. The number of rotatable bonds is 6. The summed E-state index contributed by atoms with van der Waals surface area (Å²) in [5.41, 5.74) is 3.83. The summed E-state index contributed by atoms with van der Waals surface area (Å²) in [6.07, 6.45) is 0.435. The van der Waals surface area contributed by atoms with E-state index in [1.54, 1.807) is 37.1 Å². The minimum absolute atomic E-state index is 0.175. The minimum Gasteiger partial charge on any atom is -0.493 e. The Morgan fingerprint density at radius 3 is 2.50 bits per heavy atom. The van der Waals surface area contributed by atoms with Crippen molar-refractivity contribution >= 4 is 35.1 Å². The van der Waals surface area contributed by atoms with Gasteiger partial charge in [0.2, 0.25) is 0 Å². The molecule has 0 bridgehead atoms. The zero-order valence-electron chi connectivity index (χ0n) is 17.5. The zero-order valence-corrected chi connectivity index (χ0v) is 19.0. The number of carbonyl (C=O) groups is 2. The molecular formula is C22H19Cl2N3O5. The first-order chi connectivity index (χ1) is 15.4. The molecule has 0 saturated heterocycles. The summed E-state index contributed by atoms with van der Waals surface area (Å²) < 4.78 is 17.1. The summed E-state index contributed by atoms with van der Waals surface area (Å²) in [4.78, 5) is 24.4. The van der Waals surface area contributed by atoms with Crippen LogP contribution in [-0.2, 0) is 16.0 Å². The van der Waals surface area contributed by atoms with Gasteiger partial charge < -0.3 is 19.5 Å². The van der Waals surface area contributed by atoms with E-state index in [1.807, 2.05) is 12.1 Å². The van der Waals surface area contributed by atoms with Crippen LogP contribution in [0.1, 0.15) is 21.6 Å². The van der Waals surface area contributed by atoms with Crippen LogP contribution in [0.5, 0.6) is 11.5 Å². The Hall–Kier alpha value is -3.23. The normalized spacial score (nSPS) is 11.5. The molecule has 166 valence electrons. The summed E-state index contributed by atoms with van der Waals surface area (Å²) >= 11 is 12.7. The fourth-order valence-electron chi connectivity index (χ4n) is 3.69. The molecule has 1 amide bonds. The van der Waals surface area contributed by atoms with E-state index in [4.69, 9.17) is 32.7 Å². The summed E-state index contributed by atoms with van der Waals surface area (Å²) in [5.74, 6) is 0.0504. The number of nitrogens with one attached hydrogen (secondary N) is 1. The molecular weight excluding hydrogens is 457 g/mol. The van der Waals surface area contributed by atoms with Gasteiger partial charge in [-0.05, 0) is 35.9 Å². The van der Waals surface area contributed by atoms with Crippen LogP contribution in [0.4, 0.5) is 0 Å². The van der Waals surface area contributed by atoms with Crippen LogP contribution in [0.3, 0.4) is 0 Å². The van der Waals surface area contributed by atoms with Crippen LogP contribution in [-0.4, -0.2) is 49.5 Å². The number of aromatic nitrogens is 2. The highest BCUT2D eigenvalue weighted by atomic mass is 35.5. The van der Waals surface area contributed by atoms with Crippen molar-refractivity contribution < 1.29 is 23.8 Å². The third kappa shape index (κ3) is 3.76. The number of nitrogens with zero attached hydrogens (tertiary/aromatic N) is 2. The molecule has 1 heterocycles. The lowest BCUT2D eigenvalue weighted by Gasteiger charge is -2.13. The summed E-state index contributed by atoms with van der Waals surface area (Å²) in [6, 6.07) is 8.71. The van der Waals surface area contributed by atoms with Gasteiger partial charge in [-0.3, -0.25) is 9.59 Å². The average Bonchev–Trinajstić information content (AvgIpc) is 3.34. The molecule has 3 aromatic rings. The van der Waals surface area contributed by atoms with Gasteiger partial charge in [0.05, 0.1) is 37.7 Å². The molecule has 0 unspecified atom stereocenters. The Labute approximate surface area is 194 Å². The molecule has 1 aliphatic carbocycles. The number of benzene rings is 2. The van der Waals surface area contributed by atoms with Crippen molar-refractivity contribution in [2.75, 3.05) is 27.9 Å². The molecule has 0 saturated carbocycles. The first kappa shape index (κ1) is 22.0. The molecule has 0 atom stereocenters. The van der Waals surface area contributed by atoms with Crippen molar-refractivity contribution in [1.82, 2.24) is 15.1 Å². The summed E-state index contributed by atoms with van der Waals surface area (Å²) in [6.45, 7) is -0.274. The predicted octanol–water partition coefficient (Wildman–Crippen LogP) is 3.67. The van der Waals surface area contributed by atoms with E-state index >= 15 is 0 Å². The Morgan fingerprint density at radius 2 is 1.81 bits per heavy atom. The van der Waals surface area contributed by atoms with Gasteiger partial charge in [0.25, 0.3) is 5.91 Å². The number of ether oxygens (including phenoxy) is 3. The number of amides is 1. The molecule has 1 aliphatic rings. The van der Waals surface area contributed by atoms with Gasteiger partial charge in [-0.1, -0.05) is 23.2 Å². The highest BCUT2D eigenvalue weighted by Gasteiger charge is 2.33. The fourth-order valence-corrected chi connectivity index (χ4v) is 4.05. The van der Waals surface area contributed by atoms with Gasteiger partial charge in [-0.25, -0.2) is 4.68 Å². The van der Waals surface area contributed by atoms with E-state index in [0.717, 1.165) is 11.1 Å². The second-order valence-corrected chi connectivity index (χ2v) is 7.83. The van der Waals surface area contributed by atoms with Crippen molar-refractivity contribution in [1.29, 1.82) is 0 Å². The topological polar surface area (TPSA) is 91.7 Å². The molecule has 1 N–H and O–H groups in total. The standard InChI is InChI=1S/C22H19Cl2N3O5/c1-30-17-7-11-6-14-20(22(29)25-10-19(28)32-3)26-27(16-8-12(23)4-5-15(16)24)21(14)13(11)9-18(17)31-2/h4-5,7-9H,6,10H2,1-3H3,(H,25,29). The number of halogens is 2. The molecule has 0 radical (unpaired) electrons. The van der Waals surface area contributed by atoms with Crippen LogP contribution < -0.4 is 14.8 Å². The molecule has 1 aromatic heterocycles. The number of fused-ring (bicyclic) bond motifs is 3. The third-order valence-electron chi connectivity index (χ3n) is 5.19. The van der Waals surface area contributed by atoms with E-state index < -0.39 is 11.9 Å². The SMILES string of the molecule is COC(=O)CNC(=O)c1nn(-c2cc(Cl)ccc2Cl)c2c1Cc1cc(OC)c(OC)cc1-2. The second kappa shape index (κ2) is 8.72. The zero-order chi connectivity index (χ0) is 23.0. The monoisotopic (exact) mass is 475 g/mol. The molecule has 32 heavy (non-hydrogen) atoms. The van der Waals surface area contributed by atoms with Crippen LogP contribution in [0.25, 0.3) is 16.9 Å². The van der Waals surface area contributed by atoms with Crippen LogP contribution >= 0.6 is 23.2 Å². The van der Waals surface area contributed by atoms with E-state index in [-0.39, 0.29) is 12.2 Å². The lowest BCUT2D eigenvalue weighted by molar-refractivity contribution is -0.139. The van der Waals surface area contributed by atoms with Crippen molar-refractivity contribution in [3.05, 3.63) is 57.2 Å². The number of carbonyl (C=O) groups excluding carboxylic acids is 2. The van der Waals surface area contributed by atoms with Gasteiger partial charge in [-0.2, -0.15) is 5.10 Å². The quantitative estimate of drug-likeness (QED) is 0.427. The number of esters is 1. The largest absolute Gasteiger partial charge is 0.493 e. The fraction of sp³-hybridized carbons (Fsp3) is 0.227. The number of hydrogen-bond donors (Lipinski definition) is 1. The molecule has 2 aromatic carbocycles. The molecule has 10 heteroatoms. The van der Waals surface area contributed by atoms with Gasteiger partial charge >= 0.3 is 5.97 Å². The third-order valence-corrected chi connectivity index (χ3v) is 5.74. The van der Waals surface area contributed by atoms with Crippen LogP contribution in [0.15, 0.2) is 30.3 Å². The lowest BCUT2D eigenvalue weighted by atomic mass is 10.1. The van der Waals surface area contributed by atoms with Gasteiger partial charge in [0, 0.05) is 22.6 Å². The molecule has 0 aliphatic heterocycles. The van der Waals surface area contributed by atoms with Crippen LogP contribution in [0.2, 0.25) is 10.0 Å². The summed E-state index contributed by atoms with van der Waals surface area (Å²) in [7, 11) is 4.36. The lowest BCUT2D eigenvalue weighted by Crippen LogP contribution is -2.31. The minimum atomic E-state index is -0.565. The van der Waals surface area contributed by atoms with E-state index in [2.05, 4.69) is 15.2 Å². The Kier molecular flexibility index (Phi) is 5.99. The summed E-state index contributed by atoms with van der Waals surface area (Å²) in [5, 5.41) is 7.97.